The van der Waals surface area contributed by atoms with Crippen molar-refractivity contribution in [3.05, 3.63) is 22.4 Å². The summed E-state index contributed by atoms with van der Waals surface area (Å²) in [5, 5.41) is 5.89. The van der Waals surface area contributed by atoms with E-state index in [0.717, 1.165) is 6.54 Å². The fourth-order valence-electron chi connectivity index (χ4n) is 2.29. The average Bonchev–Trinajstić information content (AvgIpc) is 2.88. The Morgan fingerprint density at radius 3 is 2.61 bits per heavy atom. The van der Waals surface area contributed by atoms with Gasteiger partial charge in [0, 0.05) is 10.9 Å². The van der Waals surface area contributed by atoms with Crippen LogP contribution in [0.5, 0.6) is 0 Å². The van der Waals surface area contributed by atoms with Crippen molar-refractivity contribution in [1.82, 2.24) is 5.32 Å². The van der Waals surface area contributed by atoms with Gasteiger partial charge in [-0.05, 0) is 37.3 Å². The van der Waals surface area contributed by atoms with Crippen LogP contribution in [0.1, 0.15) is 63.7 Å². The highest BCUT2D eigenvalue weighted by molar-refractivity contribution is 7.09. The number of rotatable bonds is 11. The average molecular weight is 267 g/mol. The zero-order valence-electron chi connectivity index (χ0n) is 12.1. The van der Waals surface area contributed by atoms with Crippen LogP contribution in [0.3, 0.4) is 0 Å². The summed E-state index contributed by atoms with van der Waals surface area (Å²) in [5.41, 5.74) is 0. The molecule has 0 aromatic carbocycles. The second-order valence-corrected chi connectivity index (χ2v) is 6.17. The van der Waals surface area contributed by atoms with E-state index in [0.29, 0.717) is 6.04 Å². The maximum absolute atomic E-state index is 3.71. The molecule has 0 aliphatic rings. The van der Waals surface area contributed by atoms with Crippen molar-refractivity contribution in [2.75, 3.05) is 6.54 Å². The van der Waals surface area contributed by atoms with Gasteiger partial charge >= 0.3 is 0 Å². The van der Waals surface area contributed by atoms with Crippen molar-refractivity contribution in [3.8, 4) is 0 Å². The maximum Gasteiger partial charge on any atom is 0.0115 e. The van der Waals surface area contributed by atoms with Gasteiger partial charge in [0.05, 0.1) is 0 Å². The van der Waals surface area contributed by atoms with Gasteiger partial charge in [-0.3, -0.25) is 0 Å². The van der Waals surface area contributed by atoms with Gasteiger partial charge in [0.1, 0.15) is 0 Å². The minimum Gasteiger partial charge on any atom is -0.314 e. The highest BCUT2D eigenvalue weighted by Crippen LogP contribution is 2.15. The molecular weight excluding hydrogens is 238 g/mol. The second-order valence-electron chi connectivity index (χ2n) is 5.14. The van der Waals surface area contributed by atoms with E-state index >= 15 is 0 Å². The first kappa shape index (κ1) is 15.7. The first-order valence-electron chi connectivity index (χ1n) is 7.62. The molecule has 1 nitrogen and oxygen atoms in total. The molecule has 1 N–H and O–H groups in total. The molecule has 0 bridgehead atoms. The lowest BCUT2D eigenvalue weighted by Crippen LogP contribution is -2.31. The van der Waals surface area contributed by atoms with Crippen LogP contribution in [-0.4, -0.2) is 12.6 Å². The summed E-state index contributed by atoms with van der Waals surface area (Å²) in [6, 6.07) is 5.12. The minimum atomic E-state index is 0.685. The van der Waals surface area contributed by atoms with Gasteiger partial charge in [0.15, 0.2) is 0 Å². The molecule has 0 fully saturated rings. The summed E-state index contributed by atoms with van der Waals surface area (Å²) in [4.78, 5) is 1.53. The van der Waals surface area contributed by atoms with Gasteiger partial charge in [0.2, 0.25) is 0 Å². The third-order valence-corrected chi connectivity index (χ3v) is 4.27. The molecule has 0 saturated carbocycles. The Labute approximate surface area is 117 Å². The topological polar surface area (TPSA) is 12.0 Å². The van der Waals surface area contributed by atoms with E-state index in [1.165, 1.54) is 56.2 Å². The molecule has 2 heteroatoms. The van der Waals surface area contributed by atoms with Crippen LogP contribution in [0.15, 0.2) is 17.5 Å². The normalized spacial score (nSPS) is 12.8. The van der Waals surface area contributed by atoms with Crippen molar-refractivity contribution < 1.29 is 0 Å². The first-order chi connectivity index (χ1) is 8.86. The molecule has 0 spiro atoms. The molecule has 104 valence electrons. The zero-order valence-corrected chi connectivity index (χ0v) is 12.9. The molecule has 0 aliphatic carbocycles. The summed E-state index contributed by atoms with van der Waals surface area (Å²) in [7, 11) is 0. The maximum atomic E-state index is 3.71. The molecule has 18 heavy (non-hydrogen) atoms. The Hall–Kier alpha value is -0.340. The van der Waals surface area contributed by atoms with E-state index < -0.39 is 0 Å². The Morgan fingerprint density at radius 1 is 1.11 bits per heavy atom. The number of nitrogens with one attached hydrogen (secondary N) is 1. The lowest BCUT2D eigenvalue weighted by Gasteiger charge is -2.17. The Bertz CT molecular complexity index is 269. The van der Waals surface area contributed by atoms with Gasteiger partial charge in [-0.25, -0.2) is 0 Å². The molecule has 1 aromatic heterocycles. The molecule has 0 amide bonds. The van der Waals surface area contributed by atoms with Gasteiger partial charge < -0.3 is 5.32 Å². The van der Waals surface area contributed by atoms with Gasteiger partial charge in [0.25, 0.3) is 0 Å². The lowest BCUT2D eigenvalue weighted by molar-refractivity contribution is 0.453. The zero-order chi connectivity index (χ0) is 13.1. The number of thiophene rings is 1. The summed E-state index contributed by atoms with van der Waals surface area (Å²) in [5.74, 6) is 0. The van der Waals surface area contributed by atoms with Gasteiger partial charge in [-0.1, -0.05) is 52.0 Å². The van der Waals surface area contributed by atoms with Crippen LogP contribution < -0.4 is 5.32 Å². The van der Waals surface area contributed by atoms with E-state index in [-0.39, 0.29) is 0 Å². The van der Waals surface area contributed by atoms with E-state index in [4.69, 9.17) is 0 Å². The van der Waals surface area contributed by atoms with Crippen LogP contribution in [0.4, 0.5) is 0 Å². The van der Waals surface area contributed by atoms with Crippen LogP contribution in [-0.2, 0) is 6.42 Å². The molecule has 1 rings (SSSR count). The van der Waals surface area contributed by atoms with Crippen LogP contribution in [0.25, 0.3) is 0 Å². The van der Waals surface area contributed by atoms with E-state index in [1.54, 1.807) is 0 Å². The second kappa shape index (κ2) is 10.6. The monoisotopic (exact) mass is 267 g/mol. The standard InChI is InChI=1S/C16H29NS/c1-3-5-6-7-8-10-15(17-12-4-2)14-16-11-9-13-18-16/h9,11,13,15,17H,3-8,10,12,14H2,1-2H3. The first-order valence-corrected chi connectivity index (χ1v) is 8.50. The Balaban J connectivity index is 2.22. The van der Waals surface area contributed by atoms with Gasteiger partial charge in [-0.15, -0.1) is 11.3 Å². The van der Waals surface area contributed by atoms with Crippen molar-refractivity contribution in [2.45, 2.75) is 71.3 Å². The summed E-state index contributed by atoms with van der Waals surface area (Å²) >= 11 is 1.89. The van der Waals surface area contributed by atoms with Crippen LogP contribution in [0.2, 0.25) is 0 Å². The fraction of sp³-hybridized carbons (Fsp3) is 0.750. The largest absolute Gasteiger partial charge is 0.314 e. The van der Waals surface area contributed by atoms with E-state index in [2.05, 4.69) is 36.7 Å². The van der Waals surface area contributed by atoms with Crippen molar-refractivity contribution >= 4 is 11.3 Å². The molecule has 0 aliphatic heterocycles. The van der Waals surface area contributed by atoms with E-state index in [9.17, 15) is 0 Å². The summed E-state index contributed by atoms with van der Waals surface area (Å²) in [6.45, 7) is 5.68. The predicted molar refractivity (Wildman–Crippen MR) is 83.5 cm³/mol. The third kappa shape index (κ3) is 7.17. The Kier molecular flexibility index (Phi) is 9.23. The number of hydrogen-bond donors (Lipinski definition) is 1. The predicted octanol–water partition coefficient (Wildman–Crippen LogP) is 5.02. The Morgan fingerprint density at radius 2 is 1.94 bits per heavy atom. The fourth-order valence-corrected chi connectivity index (χ4v) is 3.08. The summed E-state index contributed by atoms with van der Waals surface area (Å²) in [6.07, 6.45) is 10.7. The minimum absolute atomic E-state index is 0.685. The summed E-state index contributed by atoms with van der Waals surface area (Å²) < 4.78 is 0. The van der Waals surface area contributed by atoms with Gasteiger partial charge in [-0.2, -0.15) is 0 Å². The van der Waals surface area contributed by atoms with Crippen LogP contribution in [0, 0.1) is 0 Å². The van der Waals surface area contributed by atoms with Crippen molar-refractivity contribution in [3.63, 3.8) is 0 Å². The third-order valence-electron chi connectivity index (χ3n) is 3.37. The number of hydrogen-bond acceptors (Lipinski definition) is 2. The molecule has 0 radical (unpaired) electrons. The SMILES string of the molecule is CCCCCCCC(Cc1cccs1)NCCC. The molecule has 1 atom stereocenters. The number of unbranched alkanes of at least 4 members (excludes halogenated alkanes) is 4. The van der Waals surface area contributed by atoms with Crippen molar-refractivity contribution in [2.24, 2.45) is 0 Å². The molecule has 1 unspecified atom stereocenters. The quantitative estimate of drug-likeness (QED) is 0.555. The molecule has 1 heterocycles. The van der Waals surface area contributed by atoms with E-state index in [1.807, 2.05) is 11.3 Å². The smallest absolute Gasteiger partial charge is 0.0115 e. The highest BCUT2D eigenvalue weighted by atomic mass is 32.1. The van der Waals surface area contributed by atoms with Crippen LogP contribution >= 0.6 is 11.3 Å². The molecular formula is C16H29NS. The highest BCUT2D eigenvalue weighted by Gasteiger charge is 2.09. The lowest BCUT2D eigenvalue weighted by atomic mass is 10.0. The molecule has 0 saturated heterocycles. The molecule has 1 aromatic rings. The van der Waals surface area contributed by atoms with Crippen molar-refractivity contribution in [1.29, 1.82) is 0 Å².